The Morgan fingerprint density at radius 1 is 0.667 bits per heavy atom. The van der Waals surface area contributed by atoms with E-state index in [1.54, 1.807) is 0 Å². The topological polar surface area (TPSA) is 120 Å². The van der Waals surface area contributed by atoms with Crippen molar-refractivity contribution in [2.45, 2.75) is 110 Å². The van der Waals surface area contributed by atoms with Crippen LogP contribution in [-0.2, 0) is 15.2 Å². The quantitative estimate of drug-likeness (QED) is 0.115. The van der Waals surface area contributed by atoms with Crippen LogP contribution in [0.15, 0.2) is 0 Å². The van der Waals surface area contributed by atoms with E-state index in [4.69, 9.17) is 17.5 Å². The molecule has 9 heteroatoms. The van der Waals surface area contributed by atoms with Crippen molar-refractivity contribution in [3.05, 3.63) is 0 Å². The summed E-state index contributed by atoms with van der Waals surface area (Å²) in [6, 6.07) is 0. The van der Waals surface area contributed by atoms with E-state index in [1.807, 2.05) is 0 Å². The van der Waals surface area contributed by atoms with E-state index < -0.39 is 16.4 Å². The fourth-order valence-electron chi connectivity index (χ4n) is 2.64. The third-order valence-electron chi connectivity index (χ3n) is 3.98. The largest absolute Gasteiger partial charge is 1.00 e. The maximum absolute atomic E-state index is 10.2. The van der Waals surface area contributed by atoms with Crippen molar-refractivity contribution >= 4 is 16.4 Å². The molecule has 0 radical (unpaired) electrons. The minimum atomic E-state index is -5.17. The van der Waals surface area contributed by atoms with E-state index in [2.05, 4.69) is 6.92 Å². The molecule has 0 aliphatic carbocycles. The Morgan fingerprint density at radius 2 is 0.889 bits per heavy atom. The zero-order chi connectivity index (χ0) is 19.4. The van der Waals surface area contributed by atoms with E-state index in [-0.39, 0.29) is 87.4 Å². The number of carbonyl (C=O) groups is 1. The van der Waals surface area contributed by atoms with E-state index >= 15 is 0 Å². The number of hydrogen-bond donors (Lipinski definition) is 0. The van der Waals surface area contributed by atoms with Crippen LogP contribution in [-0.4, -0.2) is 23.5 Å². The van der Waals surface area contributed by atoms with Gasteiger partial charge in [-0.25, -0.2) is 0 Å². The van der Waals surface area contributed by atoms with Crippen molar-refractivity contribution in [3.63, 3.8) is 0 Å². The Kier molecular flexibility index (Phi) is 37.7. The monoisotopic (exact) mass is 441 g/mol. The molecule has 0 aliphatic heterocycles. The van der Waals surface area contributed by atoms with Crippen molar-refractivity contribution in [1.29, 1.82) is 0 Å². The summed E-state index contributed by atoms with van der Waals surface area (Å²) < 4.78 is 34.1. The van der Waals surface area contributed by atoms with E-state index in [1.165, 1.54) is 83.5 Å². The number of aliphatic carboxylic acids is 1. The molecule has 0 fully saturated rings. The van der Waals surface area contributed by atoms with Crippen LogP contribution in [0, 0.1) is 0 Å². The van der Waals surface area contributed by atoms with Crippen molar-refractivity contribution in [2.24, 2.45) is 0 Å². The molecule has 0 saturated heterocycles. The molecule has 0 aromatic rings. The molecule has 0 unspecified atom stereocenters. The molecule has 6 nitrogen and oxygen atoms in total. The minimum Gasteiger partial charge on any atom is -0.759 e. The van der Waals surface area contributed by atoms with Gasteiger partial charge in [0.05, 0.1) is 0 Å². The molecule has 0 saturated carbocycles. The predicted molar refractivity (Wildman–Crippen MR) is 95.0 cm³/mol. The molecule has 0 heterocycles. The Balaban J connectivity index is -0.000000333. The van der Waals surface area contributed by atoms with Gasteiger partial charge in [-0.05, 0) is 12.8 Å². The Bertz CT molecular complexity index is 385. The Hall–Kier alpha value is 1.98. The molecule has 0 aromatic carbocycles. The van der Waals surface area contributed by atoms with Gasteiger partial charge in [-0.15, -0.1) is 0 Å². The fourth-order valence-corrected chi connectivity index (χ4v) is 2.64. The van der Waals surface area contributed by atoms with Crippen LogP contribution in [0.3, 0.4) is 0 Å². The minimum absolute atomic E-state index is 0. The number of carbonyl (C=O) groups excluding carboxylic acids is 1. The molecule has 27 heavy (non-hydrogen) atoms. The van der Waals surface area contributed by atoms with Gasteiger partial charge in [-0.2, -0.15) is 0 Å². The number of carboxylic acid groups (broad SMARTS) is 1. The summed E-state index contributed by atoms with van der Waals surface area (Å²) in [4.78, 5) is 10.2. The first-order chi connectivity index (χ1) is 11.8. The number of hydrogen-bond acceptors (Lipinski definition) is 6. The van der Waals surface area contributed by atoms with Crippen LogP contribution in [0.2, 0.25) is 0 Å². The maximum atomic E-state index is 10.2. The standard InChI is InChI=1S/C18H36O2.K.Na.H2O4S/c1-2-3-4-5-6-7-8-9-10-11-12-13-14-15-16-17-18(19)20;;;1-5(2,3)4/h2-17H2,1H3,(H,19,20);;;(H2,1,2,3,4)/q;2*+1;/p-3. The van der Waals surface area contributed by atoms with Gasteiger partial charge in [-0.3, -0.25) is 8.42 Å². The van der Waals surface area contributed by atoms with Crippen molar-refractivity contribution < 1.29 is 108 Å². The Labute approximate surface area is 231 Å². The fraction of sp³-hybridized carbons (Fsp3) is 0.944. The van der Waals surface area contributed by atoms with Gasteiger partial charge in [0, 0.05) is 16.4 Å². The summed E-state index contributed by atoms with van der Waals surface area (Å²) in [5, 5.41) is 10.2. The van der Waals surface area contributed by atoms with Gasteiger partial charge < -0.3 is 19.0 Å². The van der Waals surface area contributed by atoms with Gasteiger partial charge in [-0.1, -0.05) is 96.8 Å². The summed E-state index contributed by atoms with van der Waals surface area (Å²) in [6.07, 6.45) is 19.9. The molecular weight excluding hydrogens is 406 g/mol. The zero-order valence-electron chi connectivity index (χ0n) is 17.7. The van der Waals surface area contributed by atoms with Crippen LogP contribution in [0.25, 0.3) is 0 Å². The first-order valence-corrected chi connectivity index (χ1v) is 11.0. The van der Waals surface area contributed by atoms with Crippen molar-refractivity contribution in [3.8, 4) is 0 Å². The first kappa shape index (κ1) is 36.4. The van der Waals surface area contributed by atoms with E-state index in [0.29, 0.717) is 0 Å². The molecule has 0 spiro atoms. The maximum Gasteiger partial charge on any atom is 1.00 e. The second-order valence-electron chi connectivity index (χ2n) is 6.48. The molecule has 0 bridgehead atoms. The number of unbranched alkanes of at least 4 members (excludes halogenated alkanes) is 14. The van der Waals surface area contributed by atoms with Crippen LogP contribution < -0.4 is 86.0 Å². The average Bonchev–Trinajstić information content (AvgIpc) is 2.49. The van der Waals surface area contributed by atoms with Crippen LogP contribution in [0.4, 0.5) is 0 Å². The number of rotatable bonds is 16. The van der Waals surface area contributed by atoms with Crippen LogP contribution in [0.5, 0.6) is 0 Å². The van der Waals surface area contributed by atoms with Crippen molar-refractivity contribution in [1.82, 2.24) is 0 Å². The Morgan fingerprint density at radius 3 is 1.11 bits per heavy atom. The normalized spacial score (nSPS) is 10.2. The molecule has 0 amide bonds. The van der Waals surface area contributed by atoms with Gasteiger partial charge >= 0.3 is 80.9 Å². The zero-order valence-corrected chi connectivity index (χ0v) is 23.6. The summed E-state index contributed by atoms with van der Waals surface area (Å²) in [7, 11) is -5.17. The third-order valence-corrected chi connectivity index (χ3v) is 3.98. The first-order valence-electron chi connectivity index (χ1n) is 9.64. The summed E-state index contributed by atoms with van der Waals surface area (Å²) >= 11 is 0. The molecule has 0 N–H and O–H groups in total. The molecule has 0 atom stereocenters. The summed E-state index contributed by atoms with van der Waals surface area (Å²) in [5.41, 5.74) is 0. The second-order valence-corrected chi connectivity index (χ2v) is 7.30. The number of carboxylic acids is 1. The molecule has 0 rings (SSSR count). The second kappa shape index (κ2) is 28.0. The van der Waals surface area contributed by atoms with Gasteiger partial charge in [0.25, 0.3) is 0 Å². The van der Waals surface area contributed by atoms with Gasteiger partial charge in [0.1, 0.15) is 0 Å². The molecule has 0 aromatic heterocycles. The third kappa shape index (κ3) is 52.4. The average molecular weight is 442 g/mol. The van der Waals surface area contributed by atoms with E-state index in [9.17, 15) is 9.90 Å². The van der Waals surface area contributed by atoms with Crippen molar-refractivity contribution in [2.75, 3.05) is 0 Å². The van der Waals surface area contributed by atoms with E-state index in [0.717, 1.165) is 12.8 Å². The smallest absolute Gasteiger partial charge is 0.759 e. The van der Waals surface area contributed by atoms with Gasteiger partial charge in [0.2, 0.25) is 0 Å². The molecule has 152 valence electrons. The molecular formula is C18H35KNaO6S-. The van der Waals surface area contributed by atoms with Crippen LogP contribution >= 0.6 is 0 Å². The SMILES string of the molecule is CCCCCCCCCCCCCCCCCC(=O)[O-].O=S(=O)([O-])[O-].[K+].[Na+]. The van der Waals surface area contributed by atoms with Gasteiger partial charge in [0.15, 0.2) is 0 Å². The van der Waals surface area contributed by atoms with Crippen LogP contribution in [0.1, 0.15) is 110 Å². The predicted octanol–water partition coefficient (Wildman–Crippen LogP) is -2.33. The summed E-state index contributed by atoms with van der Waals surface area (Å²) in [5.74, 6) is -0.903. The summed E-state index contributed by atoms with van der Waals surface area (Å²) in [6.45, 7) is 2.27. The molecule has 0 aliphatic rings.